The average Bonchev–Trinajstić information content (AvgIpc) is 3.30. The summed E-state index contributed by atoms with van der Waals surface area (Å²) in [6.45, 7) is 4.81. The molecule has 0 amide bonds. The summed E-state index contributed by atoms with van der Waals surface area (Å²) in [5, 5.41) is 12.1. The summed E-state index contributed by atoms with van der Waals surface area (Å²) in [5.74, 6) is 0. The topological polar surface area (TPSA) is 39.6 Å². The van der Waals surface area contributed by atoms with Gasteiger partial charge in [-0.3, -0.25) is 4.90 Å². The van der Waals surface area contributed by atoms with Crippen LogP contribution in [0.1, 0.15) is 29.7 Å². The summed E-state index contributed by atoms with van der Waals surface area (Å²) in [4.78, 5) is 10.6. The van der Waals surface area contributed by atoms with E-state index in [1.165, 1.54) is 17.7 Å². The molecule has 5 heteroatoms. The highest BCUT2D eigenvalue weighted by atomic mass is 32.1. The molecule has 1 aromatic carbocycles. The SMILES string of the molecule is O[C@]1(c2ccccc2)CCN(Cc2cnc(N3CCCC3)s2)C1. The van der Waals surface area contributed by atoms with E-state index in [2.05, 4.69) is 14.8 Å². The third-order valence-electron chi connectivity index (χ3n) is 4.94. The van der Waals surface area contributed by atoms with Gasteiger partial charge in [0.15, 0.2) is 5.13 Å². The molecule has 1 aromatic heterocycles. The van der Waals surface area contributed by atoms with E-state index < -0.39 is 5.60 Å². The van der Waals surface area contributed by atoms with E-state index in [1.807, 2.05) is 36.5 Å². The highest BCUT2D eigenvalue weighted by molar-refractivity contribution is 7.15. The van der Waals surface area contributed by atoms with Gasteiger partial charge in [0.05, 0.1) is 0 Å². The summed E-state index contributed by atoms with van der Waals surface area (Å²) in [6, 6.07) is 10.1. The number of aliphatic hydroxyl groups is 1. The molecular weight excluding hydrogens is 306 g/mol. The fraction of sp³-hybridized carbons (Fsp3) is 0.500. The lowest BCUT2D eigenvalue weighted by atomic mass is 9.93. The van der Waals surface area contributed by atoms with Crippen LogP contribution in [0, 0.1) is 0 Å². The maximum atomic E-state index is 10.9. The zero-order valence-electron chi connectivity index (χ0n) is 13.3. The van der Waals surface area contributed by atoms with Crippen molar-refractivity contribution < 1.29 is 5.11 Å². The molecule has 3 heterocycles. The summed E-state index contributed by atoms with van der Waals surface area (Å²) < 4.78 is 0. The highest BCUT2D eigenvalue weighted by Gasteiger charge is 2.37. The smallest absolute Gasteiger partial charge is 0.185 e. The van der Waals surface area contributed by atoms with Crippen LogP contribution >= 0.6 is 11.3 Å². The zero-order valence-corrected chi connectivity index (χ0v) is 14.1. The van der Waals surface area contributed by atoms with Crippen LogP contribution < -0.4 is 4.90 Å². The Bertz CT molecular complexity index is 653. The molecule has 0 aliphatic carbocycles. The Labute approximate surface area is 141 Å². The van der Waals surface area contributed by atoms with E-state index in [9.17, 15) is 5.11 Å². The van der Waals surface area contributed by atoms with Crippen LogP contribution in [0.4, 0.5) is 5.13 Å². The second-order valence-electron chi connectivity index (χ2n) is 6.66. The Balaban J connectivity index is 1.41. The standard InChI is InChI=1S/C18H23N3OS/c22-18(15-6-2-1-3-7-15)8-11-20(14-18)13-16-12-19-17(23-16)21-9-4-5-10-21/h1-3,6-7,12,22H,4-5,8-11,13-14H2/t18-/m1/s1. The van der Waals surface area contributed by atoms with Gasteiger partial charge in [0, 0.05) is 43.8 Å². The molecule has 1 N–H and O–H groups in total. The molecule has 0 spiro atoms. The van der Waals surface area contributed by atoms with Gasteiger partial charge in [-0.1, -0.05) is 30.3 Å². The molecule has 0 bridgehead atoms. The Hall–Kier alpha value is -1.43. The van der Waals surface area contributed by atoms with Crippen molar-refractivity contribution in [2.75, 3.05) is 31.1 Å². The molecule has 4 nitrogen and oxygen atoms in total. The fourth-order valence-corrected chi connectivity index (χ4v) is 4.64. The lowest BCUT2D eigenvalue weighted by molar-refractivity contribution is 0.0454. The van der Waals surface area contributed by atoms with E-state index in [1.54, 1.807) is 11.3 Å². The number of aromatic nitrogens is 1. The van der Waals surface area contributed by atoms with Crippen molar-refractivity contribution in [3.63, 3.8) is 0 Å². The molecule has 2 fully saturated rings. The largest absolute Gasteiger partial charge is 0.384 e. The average molecular weight is 329 g/mol. The van der Waals surface area contributed by atoms with E-state index in [-0.39, 0.29) is 0 Å². The van der Waals surface area contributed by atoms with Gasteiger partial charge in [-0.05, 0) is 24.8 Å². The van der Waals surface area contributed by atoms with Gasteiger partial charge < -0.3 is 10.0 Å². The molecule has 4 rings (SSSR count). The number of β-amino-alcohol motifs (C(OH)–C–C–N with tert-alkyl or cyclic N) is 1. The van der Waals surface area contributed by atoms with Crippen molar-refractivity contribution in [2.45, 2.75) is 31.4 Å². The Kier molecular flexibility index (Phi) is 4.09. The van der Waals surface area contributed by atoms with Crippen LogP contribution in [0.5, 0.6) is 0 Å². The Morgan fingerprint density at radius 3 is 2.70 bits per heavy atom. The normalized spacial score (nSPS) is 25.3. The molecular formula is C18H23N3OS. The first-order valence-electron chi connectivity index (χ1n) is 8.43. The van der Waals surface area contributed by atoms with Crippen molar-refractivity contribution in [2.24, 2.45) is 0 Å². The number of nitrogens with zero attached hydrogens (tertiary/aromatic N) is 3. The molecule has 122 valence electrons. The number of rotatable bonds is 4. The van der Waals surface area contributed by atoms with Crippen molar-refractivity contribution in [3.05, 3.63) is 47.0 Å². The third kappa shape index (κ3) is 3.13. The van der Waals surface area contributed by atoms with Crippen molar-refractivity contribution >= 4 is 16.5 Å². The Morgan fingerprint density at radius 2 is 1.91 bits per heavy atom. The van der Waals surface area contributed by atoms with Gasteiger partial charge >= 0.3 is 0 Å². The quantitative estimate of drug-likeness (QED) is 0.936. The zero-order chi connectivity index (χ0) is 15.7. The van der Waals surface area contributed by atoms with Gasteiger partial charge in [-0.25, -0.2) is 4.98 Å². The van der Waals surface area contributed by atoms with Crippen molar-refractivity contribution in [1.82, 2.24) is 9.88 Å². The molecule has 0 saturated carbocycles. The maximum absolute atomic E-state index is 10.9. The second kappa shape index (κ2) is 6.23. The number of hydrogen-bond acceptors (Lipinski definition) is 5. The first-order valence-corrected chi connectivity index (χ1v) is 9.24. The molecule has 0 radical (unpaired) electrons. The minimum Gasteiger partial charge on any atom is -0.384 e. The number of anilines is 1. The first-order chi connectivity index (χ1) is 11.2. The van der Waals surface area contributed by atoms with Crippen LogP contribution in [0.3, 0.4) is 0 Å². The number of thiazole rings is 1. The maximum Gasteiger partial charge on any atom is 0.185 e. The third-order valence-corrected chi connectivity index (χ3v) is 5.98. The van der Waals surface area contributed by atoms with Gasteiger partial charge in [0.2, 0.25) is 0 Å². The Morgan fingerprint density at radius 1 is 1.13 bits per heavy atom. The molecule has 2 aliphatic rings. The predicted molar refractivity (Wildman–Crippen MR) is 93.8 cm³/mol. The van der Waals surface area contributed by atoms with Crippen molar-refractivity contribution in [3.8, 4) is 0 Å². The molecule has 23 heavy (non-hydrogen) atoms. The van der Waals surface area contributed by atoms with Crippen molar-refractivity contribution in [1.29, 1.82) is 0 Å². The minimum atomic E-state index is -0.705. The lowest BCUT2D eigenvalue weighted by Gasteiger charge is -2.23. The van der Waals surface area contributed by atoms with Crippen LogP contribution in [0.2, 0.25) is 0 Å². The summed E-state index contributed by atoms with van der Waals surface area (Å²) >= 11 is 1.80. The van der Waals surface area contributed by atoms with Crippen LogP contribution in [0.15, 0.2) is 36.5 Å². The lowest BCUT2D eigenvalue weighted by Crippen LogP contribution is -2.30. The predicted octanol–water partition coefficient (Wildman–Crippen LogP) is 2.84. The monoisotopic (exact) mass is 329 g/mol. The summed E-state index contributed by atoms with van der Waals surface area (Å²) in [7, 11) is 0. The van der Waals surface area contributed by atoms with Crippen LogP contribution in [0.25, 0.3) is 0 Å². The number of likely N-dealkylation sites (tertiary alicyclic amines) is 1. The summed E-state index contributed by atoms with van der Waals surface area (Å²) in [5.41, 5.74) is 0.327. The minimum absolute atomic E-state index is 0.702. The molecule has 0 unspecified atom stereocenters. The van der Waals surface area contributed by atoms with Gasteiger partial charge in [0.1, 0.15) is 5.60 Å². The molecule has 1 atom stereocenters. The van der Waals surface area contributed by atoms with E-state index in [0.29, 0.717) is 6.54 Å². The van der Waals surface area contributed by atoms with Gasteiger partial charge in [0.25, 0.3) is 0 Å². The number of benzene rings is 1. The van der Waals surface area contributed by atoms with Gasteiger partial charge in [-0.15, -0.1) is 11.3 Å². The molecule has 2 aliphatic heterocycles. The van der Waals surface area contributed by atoms with E-state index >= 15 is 0 Å². The first kappa shape index (κ1) is 15.1. The van der Waals surface area contributed by atoms with E-state index in [4.69, 9.17) is 0 Å². The van der Waals surface area contributed by atoms with E-state index in [0.717, 1.165) is 43.3 Å². The van der Waals surface area contributed by atoms with Crippen LogP contribution in [-0.4, -0.2) is 41.2 Å². The second-order valence-corrected chi connectivity index (χ2v) is 7.76. The fourth-order valence-electron chi connectivity index (χ4n) is 3.64. The highest BCUT2D eigenvalue weighted by Crippen LogP contribution is 2.34. The number of hydrogen-bond donors (Lipinski definition) is 1. The summed E-state index contributed by atoms with van der Waals surface area (Å²) in [6.07, 6.45) is 5.38. The van der Waals surface area contributed by atoms with Crippen LogP contribution in [-0.2, 0) is 12.1 Å². The molecule has 2 saturated heterocycles. The van der Waals surface area contributed by atoms with Gasteiger partial charge in [-0.2, -0.15) is 0 Å². The molecule has 2 aromatic rings.